The van der Waals surface area contributed by atoms with E-state index in [1.807, 2.05) is 19.9 Å². The molecule has 31 heavy (non-hydrogen) atoms. The van der Waals surface area contributed by atoms with Crippen LogP contribution in [0.2, 0.25) is 0 Å². The third kappa shape index (κ3) is 5.45. The Bertz CT molecular complexity index is 1150. The van der Waals surface area contributed by atoms with Gasteiger partial charge in [0.15, 0.2) is 6.61 Å². The maximum Gasteiger partial charge on any atom is 0.278 e. The van der Waals surface area contributed by atoms with Crippen LogP contribution in [0.3, 0.4) is 0 Å². The number of amides is 1. The Labute approximate surface area is 190 Å². The number of anilines is 1. The summed E-state index contributed by atoms with van der Waals surface area (Å²) in [5, 5.41) is 0. The predicted octanol–water partition coefficient (Wildman–Crippen LogP) is 4.96. The zero-order valence-electron chi connectivity index (χ0n) is 17.1. The first-order valence-electron chi connectivity index (χ1n) is 9.58. The number of ether oxygens (including phenoxy) is 2. The van der Waals surface area contributed by atoms with E-state index in [2.05, 4.69) is 15.9 Å². The summed E-state index contributed by atoms with van der Waals surface area (Å²) >= 11 is 3.35. The Morgan fingerprint density at radius 1 is 0.935 bits per heavy atom. The van der Waals surface area contributed by atoms with Crippen LogP contribution in [-0.2, 0) is 14.8 Å². The summed E-state index contributed by atoms with van der Waals surface area (Å²) in [5.41, 5.74) is 1.11. The third-order valence-corrected chi connectivity index (χ3v) is 6.77. The molecule has 0 heterocycles. The Balaban J connectivity index is 1.96. The van der Waals surface area contributed by atoms with Crippen molar-refractivity contribution in [2.75, 3.05) is 17.5 Å². The number of carbonyl (C=O) groups excluding carboxylic acids is 1. The maximum absolute atomic E-state index is 13.4. The fraction of sp³-hybridized carbons (Fsp3) is 0.174. The molecule has 0 saturated carbocycles. The van der Waals surface area contributed by atoms with Gasteiger partial charge in [-0.25, -0.2) is 8.42 Å². The van der Waals surface area contributed by atoms with Crippen molar-refractivity contribution in [3.8, 4) is 11.5 Å². The number of hydrogen-bond acceptors (Lipinski definition) is 5. The van der Waals surface area contributed by atoms with E-state index >= 15 is 0 Å². The van der Waals surface area contributed by atoms with Crippen LogP contribution in [-0.4, -0.2) is 27.5 Å². The molecule has 0 atom stereocenters. The second-order valence-corrected chi connectivity index (χ2v) is 9.26. The van der Waals surface area contributed by atoms with Crippen molar-refractivity contribution in [3.63, 3.8) is 0 Å². The Hall–Kier alpha value is -2.84. The van der Waals surface area contributed by atoms with Gasteiger partial charge in [0.1, 0.15) is 11.5 Å². The van der Waals surface area contributed by atoms with Crippen LogP contribution < -0.4 is 13.8 Å². The summed E-state index contributed by atoms with van der Waals surface area (Å²) in [6.07, 6.45) is 0. The van der Waals surface area contributed by atoms with Gasteiger partial charge in [-0.3, -0.25) is 4.79 Å². The van der Waals surface area contributed by atoms with Crippen molar-refractivity contribution in [2.24, 2.45) is 0 Å². The van der Waals surface area contributed by atoms with Gasteiger partial charge < -0.3 is 9.47 Å². The highest BCUT2D eigenvalue weighted by atomic mass is 79.9. The van der Waals surface area contributed by atoms with E-state index in [0.29, 0.717) is 22.6 Å². The Kier molecular flexibility index (Phi) is 7.35. The van der Waals surface area contributed by atoms with Gasteiger partial charge in [0.2, 0.25) is 0 Å². The molecular weight excluding hydrogens is 482 g/mol. The lowest BCUT2D eigenvalue weighted by atomic mass is 10.2. The standard InChI is InChI=1S/C23H22BrNO5S/c1-3-29-19-12-10-18(11-13-19)25(31(27,28)20-14-8-17(2)9-15-20)23(26)16-30-22-7-5-4-6-21(22)24/h4-15H,3,16H2,1-2H3. The molecule has 1 amide bonds. The summed E-state index contributed by atoms with van der Waals surface area (Å²) in [5.74, 6) is 0.298. The average molecular weight is 504 g/mol. The fourth-order valence-corrected chi connectivity index (χ4v) is 4.65. The number of hydrogen-bond donors (Lipinski definition) is 0. The van der Waals surface area contributed by atoms with Gasteiger partial charge in [-0.2, -0.15) is 4.31 Å². The molecule has 0 spiro atoms. The van der Waals surface area contributed by atoms with E-state index in [0.717, 1.165) is 9.87 Å². The summed E-state index contributed by atoms with van der Waals surface area (Å²) in [7, 11) is -4.16. The first kappa shape index (κ1) is 22.8. The van der Waals surface area contributed by atoms with Gasteiger partial charge in [-0.1, -0.05) is 29.8 Å². The fourth-order valence-electron chi connectivity index (χ4n) is 2.84. The molecule has 3 rings (SSSR count). The molecule has 0 aromatic heterocycles. The molecule has 0 aliphatic rings. The largest absolute Gasteiger partial charge is 0.494 e. The smallest absolute Gasteiger partial charge is 0.278 e. The van der Waals surface area contributed by atoms with Gasteiger partial charge in [0.05, 0.1) is 21.7 Å². The van der Waals surface area contributed by atoms with E-state index in [1.165, 1.54) is 24.3 Å². The molecule has 0 fully saturated rings. The van der Waals surface area contributed by atoms with Gasteiger partial charge in [0, 0.05) is 0 Å². The highest BCUT2D eigenvalue weighted by molar-refractivity contribution is 9.10. The molecule has 0 radical (unpaired) electrons. The lowest BCUT2D eigenvalue weighted by Gasteiger charge is -2.23. The van der Waals surface area contributed by atoms with Crippen molar-refractivity contribution >= 4 is 37.5 Å². The van der Waals surface area contributed by atoms with Crippen molar-refractivity contribution < 1.29 is 22.7 Å². The van der Waals surface area contributed by atoms with Crippen molar-refractivity contribution in [1.29, 1.82) is 0 Å². The number of benzene rings is 3. The molecule has 0 aliphatic heterocycles. The maximum atomic E-state index is 13.4. The van der Waals surface area contributed by atoms with Crippen molar-refractivity contribution in [2.45, 2.75) is 18.7 Å². The summed E-state index contributed by atoms with van der Waals surface area (Å²) in [6.45, 7) is 3.73. The number of sulfonamides is 1. The number of aryl methyl sites for hydroxylation is 1. The van der Waals surface area contributed by atoms with Gasteiger partial charge in [0.25, 0.3) is 15.9 Å². The minimum Gasteiger partial charge on any atom is -0.494 e. The number of para-hydroxylation sites is 1. The lowest BCUT2D eigenvalue weighted by Crippen LogP contribution is -2.40. The van der Waals surface area contributed by atoms with E-state index in [-0.39, 0.29) is 10.6 Å². The predicted molar refractivity (Wildman–Crippen MR) is 123 cm³/mol. The highest BCUT2D eigenvalue weighted by Gasteiger charge is 2.31. The lowest BCUT2D eigenvalue weighted by molar-refractivity contribution is -0.119. The second-order valence-electron chi connectivity index (χ2n) is 6.62. The van der Waals surface area contributed by atoms with Crippen LogP contribution in [0.4, 0.5) is 5.69 Å². The Morgan fingerprint density at radius 3 is 2.19 bits per heavy atom. The summed E-state index contributed by atoms with van der Waals surface area (Å²) in [4.78, 5) is 13.1. The summed E-state index contributed by atoms with van der Waals surface area (Å²) < 4.78 is 39.2. The highest BCUT2D eigenvalue weighted by Crippen LogP contribution is 2.28. The first-order chi connectivity index (χ1) is 14.8. The molecule has 0 bridgehead atoms. The topological polar surface area (TPSA) is 72.9 Å². The zero-order valence-corrected chi connectivity index (χ0v) is 19.5. The molecule has 6 nitrogen and oxygen atoms in total. The number of rotatable bonds is 8. The average Bonchev–Trinajstić information content (AvgIpc) is 2.75. The number of nitrogens with zero attached hydrogens (tertiary/aromatic N) is 1. The van der Waals surface area contributed by atoms with E-state index in [9.17, 15) is 13.2 Å². The summed E-state index contributed by atoms with van der Waals surface area (Å²) in [6, 6.07) is 19.7. The number of carbonyl (C=O) groups is 1. The van der Waals surface area contributed by atoms with Crippen molar-refractivity contribution in [1.82, 2.24) is 0 Å². The molecule has 0 aliphatic carbocycles. The third-order valence-electron chi connectivity index (χ3n) is 4.36. The van der Waals surface area contributed by atoms with Crippen LogP contribution in [0.25, 0.3) is 0 Å². The van der Waals surface area contributed by atoms with Gasteiger partial charge in [-0.05, 0) is 78.3 Å². The number of halogens is 1. The molecule has 3 aromatic carbocycles. The molecule has 0 N–H and O–H groups in total. The first-order valence-corrected chi connectivity index (χ1v) is 11.8. The van der Waals surface area contributed by atoms with E-state index in [1.54, 1.807) is 42.5 Å². The van der Waals surface area contributed by atoms with Gasteiger partial charge in [-0.15, -0.1) is 0 Å². The van der Waals surface area contributed by atoms with Crippen molar-refractivity contribution in [3.05, 3.63) is 82.8 Å². The normalized spacial score (nSPS) is 11.1. The SMILES string of the molecule is CCOc1ccc(N(C(=O)COc2ccccc2Br)S(=O)(=O)c2ccc(C)cc2)cc1. The van der Waals surface area contributed by atoms with Crippen LogP contribution in [0.15, 0.2) is 82.2 Å². The van der Waals surface area contributed by atoms with Gasteiger partial charge >= 0.3 is 0 Å². The van der Waals surface area contributed by atoms with Crippen LogP contribution in [0, 0.1) is 6.92 Å². The molecule has 0 saturated heterocycles. The molecule has 162 valence electrons. The molecule has 8 heteroatoms. The monoisotopic (exact) mass is 503 g/mol. The second kappa shape index (κ2) is 9.98. The zero-order chi connectivity index (χ0) is 22.4. The quantitative estimate of drug-likeness (QED) is 0.434. The van der Waals surface area contributed by atoms with E-state index in [4.69, 9.17) is 9.47 Å². The van der Waals surface area contributed by atoms with Crippen LogP contribution in [0.1, 0.15) is 12.5 Å². The molecular formula is C23H22BrNO5S. The Morgan fingerprint density at radius 2 is 1.58 bits per heavy atom. The minimum atomic E-state index is -4.16. The van der Waals surface area contributed by atoms with Crippen LogP contribution in [0.5, 0.6) is 11.5 Å². The van der Waals surface area contributed by atoms with E-state index < -0.39 is 22.5 Å². The minimum absolute atomic E-state index is 0.0150. The molecule has 0 unspecified atom stereocenters. The molecule has 3 aromatic rings. The van der Waals surface area contributed by atoms with Crippen LogP contribution >= 0.6 is 15.9 Å².